The second-order valence-corrected chi connectivity index (χ2v) is 8.73. The van der Waals surface area contributed by atoms with Gasteiger partial charge in [0.15, 0.2) is 0 Å². The average molecular weight is 478 g/mol. The molecule has 2 N–H and O–H groups in total. The molecular formula is C27H24F2N2O4. The van der Waals surface area contributed by atoms with Crippen LogP contribution in [0.3, 0.4) is 0 Å². The lowest BCUT2D eigenvalue weighted by atomic mass is 9.96. The smallest absolute Gasteiger partial charge is 0.360 e. The van der Waals surface area contributed by atoms with Crippen molar-refractivity contribution in [1.82, 2.24) is 4.90 Å². The van der Waals surface area contributed by atoms with Gasteiger partial charge < -0.3 is 19.5 Å². The first-order valence-electron chi connectivity index (χ1n) is 11.3. The lowest BCUT2D eigenvalue weighted by Crippen LogP contribution is -2.49. The van der Waals surface area contributed by atoms with E-state index in [1.807, 2.05) is 4.90 Å². The van der Waals surface area contributed by atoms with Crippen molar-refractivity contribution in [2.75, 3.05) is 31.1 Å². The van der Waals surface area contributed by atoms with Crippen LogP contribution in [0.5, 0.6) is 11.5 Å². The van der Waals surface area contributed by atoms with Crippen molar-refractivity contribution >= 4 is 16.7 Å². The topological polar surface area (TPSA) is 77.2 Å². The summed E-state index contributed by atoms with van der Waals surface area (Å²) in [6.07, 6.45) is 0. The molecule has 1 aliphatic heterocycles. The number of phenols is 2. The zero-order valence-electron chi connectivity index (χ0n) is 19.0. The van der Waals surface area contributed by atoms with Crippen LogP contribution >= 0.6 is 0 Å². The summed E-state index contributed by atoms with van der Waals surface area (Å²) in [6.45, 7) is 3.93. The predicted molar refractivity (Wildman–Crippen MR) is 129 cm³/mol. The van der Waals surface area contributed by atoms with E-state index < -0.39 is 5.63 Å². The van der Waals surface area contributed by atoms with Gasteiger partial charge in [0.25, 0.3) is 0 Å². The Morgan fingerprint density at radius 3 is 1.94 bits per heavy atom. The van der Waals surface area contributed by atoms with Gasteiger partial charge in [-0.05, 0) is 47.9 Å². The molecule has 0 unspecified atom stereocenters. The number of halogens is 2. The average Bonchev–Trinajstić information content (AvgIpc) is 2.82. The van der Waals surface area contributed by atoms with Crippen LogP contribution in [-0.2, 0) is 0 Å². The van der Waals surface area contributed by atoms with Crippen molar-refractivity contribution in [3.05, 3.63) is 99.4 Å². The third kappa shape index (κ3) is 4.33. The standard InChI is InChI=1S/C27H24F2N2O4/c1-16-24-22(33)14-21(32)15-23(24)35-27(34)25(16)30-10-12-31(13-11-30)26(17-2-6-19(28)7-3-17)18-4-8-20(29)9-5-18/h2-9,14-15,26,32-33H,10-13H2,1H3. The molecule has 8 heteroatoms. The van der Waals surface area contributed by atoms with E-state index in [9.17, 15) is 23.8 Å². The van der Waals surface area contributed by atoms with Gasteiger partial charge in [-0.3, -0.25) is 4.90 Å². The van der Waals surface area contributed by atoms with Gasteiger partial charge in [0.2, 0.25) is 0 Å². The molecule has 5 rings (SSSR count). The molecule has 2 heterocycles. The molecule has 1 saturated heterocycles. The number of phenolic OH excluding ortho intramolecular Hbond substituents is 2. The number of aromatic hydroxyl groups is 2. The molecule has 0 radical (unpaired) electrons. The van der Waals surface area contributed by atoms with Crippen molar-refractivity contribution in [3.8, 4) is 11.5 Å². The van der Waals surface area contributed by atoms with Crippen LogP contribution in [0.1, 0.15) is 22.7 Å². The van der Waals surface area contributed by atoms with E-state index >= 15 is 0 Å². The number of hydrogen-bond donors (Lipinski definition) is 2. The van der Waals surface area contributed by atoms with Crippen molar-refractivity contribution in [2.24, 2.45) is 0 Å². The van der Waals surface area contributed by atoms with Crippen LogP contribution < -0.4 is 10.5 Å². The van der Waals surface area contributed by atoms with Crippen LogP contribution in [0.25, 0.3) is 11.0 Å². The zero-order valence-corrected chi connectivity index (χ0v) is 19.0. The lowest BCUT2D eigenvalue weighted by molar-refractivity contribution is 0.211. The molecule has 35 heavy (non-hydrogen) atoms. The molecule has 1 aliphatic rings. The fraction of sp³-hybridized carbons (Fsp3) is 0.222. The minimum absolute atomic E-state index is 0.125. The monoisotopic (exact) mass is 478 g/mol. The van der Waals surface area contributed by atoms with Gasteiger partial charge in [-0.15, -0.1) is 0 Å². The van der Waals surface area contributed by atoms with Crippen molar-refractivity contribution in [3.63, 3.8) is 0 Å². The zero-order chi connectivity index (χ0) is 24.7. The summed E-state index contributed by atoms with van der Waals surface area (Å²) < 4.78 is 32.6. The molecule has 6 nitrogen and oxygen atoms in total. The van der Waals surface area contributed by atoms with Crippen molar-refractivity contribution in [1.29, 1.82) is 0 Å². The Hall–Kier alpha value is -3.91. The number of piperazine rings is 1. The summed E-state index contributed by atoms with van der Waals surface area (Å²) in [4.78, 5) is 17.0. The number of fused-ring (bicyclic) bond motifs is 1. The molecule has 0 bridgehead atoms. The number of aryl methyl sites for hydroxylation is 1. The number of rotatable bonds is 4. The van der Waals surface area contributed by atoms with Crippen LogP contribution in [0.4, 0.5) is 14.5 Å². The Kier molecular flexibility index (Phi) is 5.90. The number of nitrogens with zero attached hydrogens (tertiary/aromatic N) is 2. The summed E-state index contributed by atoms with van der Waals surface area (Å²) in [6, 6.07) is 14.9. The van der Waals surface area contributed by atoms with Gasteiger partial charge in [-0.25, -0.2) is 13.6 Å². The van der Waals surface area contributed by atoms with E-state index in [0.717, 1.165) is 11.1 Å². The molecule has 180 valence electrons. The molecule has 1 fully saturated rings. The Morgan fingerprint density at radius 2 is 1.40 bits per heavy atom. The largest absolute Gasteiger partial charge is 0.508 e. The maximum atomic E-state index is 13.6. The predicted octanol–water partition coefficient (Wildman–Crippen LogP) is 4.70. The SMILES string of the molecule is Cc1c(N2CCN(C(c3ccc(F)cc3)c3ccc(F)cc3)CC2)c(=O)oc2cc(O)cc(O)c12. The second kappa shape index (κ2) is 9.03. The molecular weight excluding hydrogens is 454 g/mol. The highest BCUT2D eigenvalue weighted by Gasteiger charge is 2.29. The normalized spacial score (nSPS) is 14.7. The van der Waals surface area contributed by atoms with Gasteiger partial charge >= 0.3 is 5.63 Å². The van der Waals surface area contributed by atoms with Crippen LogP contribution in [-0.4, -0.2) is 41.3 Å². The van der Waals surface area contributed by atoms with Gasteiger partial charge in [0.05, 0.1) is 11.4 Å². The number of anilines is 1. The fourth-order valence-electron chi connectivity index (χ4n) is 4.94. The highest BCUT2D eigenvalue weighted by molar-refractivity contribution is 5.91. The second-order valence-electron chi connectivity index (χ2n) is 8.73. The molecule has 1 aromatic heterocycles. The molecule has 0 spiro atoms. The number of hydrogen-bond acceptors (Lipinski definition) is 6. The first-order valence-corrected chi connectivity index (χ1v) is 11.3. The van der Waals surface area contributed by atoms with E-state index in [1.165, 1.54) is 36.4 Å². The maximum Gasteiger partial charge on any atom is 0.360 e. The van der Waals surface area contributed by atoms with Crippen molar-refractivity contribution < 1.29 is 23.4 Å². The third-order valence-electron chi connectivity index (χ3n) is 6.56. The maximum absolute atomic E-state index is 13.6. The molecule has 0 saturated carbocycles. The quantitative estimate of drug-likeness (QED) is 0.414. The highest BCUT2D eigenvalue weighted by atomic mass is 19.1. The molecule has 0 amide bonds. The fourth-order valence-corrected chi connectivity index (χ4v) is 4.94. The summed E-state index contributed by atoms with van der Waals surface area (Å²) in [5.41, 5.74) is 2.31. The van der Waals surface area contributed by atoms with Gasteiger partial charge in [0.1, 0.15) is 34.4 Å². The van der Waals surface area contributed by atoms with E-state index in [1.54, 1.807) is 31.2 Å². The number of benzene rings is 3. The third-order valence-corrected chi connectivity index (χ3v) is 6.56. The molecule has 0 atom stereocenters. The summed E-state index contributed by atoms with van der Waals surface area (Å²) >= 11 is 0. The Bertz CT molecular complexity index is 1380. The van der Waals surface area contributed by atoms with Crippen molar-refractivity contribution in [2.45, 2.75) is 13.0 Å². The van der Waals surface area contributed by atoms with Gasteiger partial charge in [-0.1, -0.05) is 24.3 Å². The van der Waals surface area contributed by atoms with E-state index in [0.29, 0.717) is 42.8 Å². The molecule has 3 aromatic carbocycles. The molecule has 4 aromatic rings. The molecule has 0 aliphatic carbocycles. The van der Waals surface area contributed by atoms with E-state index in [2.05, 4.69) is 4.90 Å². The Morgan fingerprint density at radius 1 is 0.857 bits per heavy atom. The summed E-state index contributed by atoms with van der Waals surface area (Å²) in [5, 5.41) is 20.5. The minimum atomic E-state index is -0.540. The minimum Gasteiger partial charge on any atom is -0.508 e. The Labute approximate surface area is 200 Å². The lowest BCUT2D eigenvalue weighted by Gasteiger charge is -2.40. The Balaban J connectivity index is 1.45. The van der Waals surface area contributed by atoms with Crippen LogP contribution in [0.2, 0.25) is 0 Å². The first-order chi connectivity index (χ1) is 16.8. The summed E-state index contributed by atoms with van der Waals surface area (Å²) in [7, 11) is 0. The highest BCUT2D eigenvalue weighted by Crippen LogP contribution is 2.36. The summed E-state index contributed by atoms with van der Waals surface area (Å²) in [5.74, 6) is -1.00. The first kappa shape index (κ1) is 22.9. The van der Waals surface area contributed by atoms with E-state index in [4.69, 9.17) is 4.42 Å². The van der Waals surface area contributed by atoms with Gasteiger partial charge in [0, 0.05) is 38.3 Å². The van der Waals surface area contributed by atoms with E-state index in [-0.39, 0.29) is 34.8 Å². The van der Waals surface area contributed by atoms with Crippen LogP contribution in [0, 0.1) is 18.6 Å². The van der Waals surface area contributed by atoms with Crippen LogP contribution in [0.15, 0.2) is 69.9 Å². The van der Waals surface area contributed by atoms with Gasteiger partial charge in [-0.2, -0.15) is 0 Å².